The van der Waals surface area contributed by atoms with Crippen LogP contribution in [0.25, 0.3) is 10.9 Å². The van der Waals surface area contributed by atoms with Crippen LogP contribution in [0.3, 0.4) is 0 Å². The van der Waals surface area contributed by atoms with Crippen molar-refractivity contribution >= 4 is 10.9 Å². The van der Waals surface area contributed by atoms with Gasteiger partial charge in [-0.1, -0.05) is 0 Å². The molecule has 2 aromatic rings. The normalized spacial score (nSPS) is 9.71. The van der Waals surface area contributed by atoms with Gasteiger partial charge in [0, 0.05) is 6.20 Å². The average Bonchev–Trinajstić information content (AvgIpc) is 2.27. The molecule has 1 heterocycles. The first-order chi connectivity index (χ1) is 6.86. The van der Waals surface area contributed by atoms with Crippen LogP contribution in [0.2, 0.25) is 0 Å². The Hall–Kier alpha value is -2.15. The molecular formula is C10H7N3O. The van der Waals surface area contributed by atoms with Gasteiger partial charge in [-0.05, 0) is 12.1 Å². The van der Waals surface area contributed by atoms with Crippen LogP contribution in [-0.2, 0) is 0 Å². The molecule has 0 aliphatic rings. The highest BCUT2D eigenvalue weighted by molar-refractivity contribution is 5.88. The van der Waals surface area contributed by atoms with E-state index in [2.05, 4.69) is 16.0 Å². The highest BCUT2D eigenvalue weighted by atomic mass is 16.5. The Kier molecular flexibility index (Phi) is 1.99. The molecular weight excluding hydrogens is 178 g/mol. The summed E-state index contributed by atoms with van der Waals surface area (Å²) >= 11 is 0. The van der Waals surface area contributed by atoms with Crippen molar-refractivity contribution in [2.24, 2.45) is 0 Å². The van der Waals surface area contributed by atoms with E-state index >= 15 is 0 Å². The van der Waals surface area contributed by atoms with Gasteiger partial charge in [0.1, 0.15) is 18.1 Å². The van der Waals surface area contributed by atoms with Crippen molar-refractivity contribution in [1.82, 2.24) is 9.97 Å². The molecule has 4 nitrogen and oxygen atoms in total. The Labute approximate surface area is 80.8 Å². The smallest absolute Gasteiger partial charge is 0.129 e. The van der Waals surface area contributed by atoms with Gasteiger partial charge in [-0.25, -0.2) is 9.97 Å². The molecule has 1 aromatic heterocycles. The van der Waals surface area contributed by atoms with E-state index in [0.29, 0.717) is 16.8 Å². The van der Waals surface area contributed by atoms with Crippen molar-refractivity contribution in [1.29, 1.82) is 5.26 Å². The van der Waals surface area contributed by atoms with E-state index in [4.69, 9.17) is 10.00 Å². The van der Waals surface area contributed by atoms with Gasteiger partial charge in [-0.2, -0.15) is 5.26 Å². The van der Waals surface area contributed by atoms with Gasteiger partial charge in [-0.15, -0.1) is 0 Å². The first-order valence-electron chi connectivity index (χ1n) is 4.03. The predicted octanol–water partition coefficient (Wildman–Crippen LogP) is 1.51. The molecule has 0 unspecified atom stereocenters. The van der Waals surface area contributed by atoms with Crippen molar-refractivity contribution in [2.75, 3.05) is 7.11 Å². The van der Waals surface area contributed by atoms with Gasteiger partial charge in [0.05, 0.1) is 23.6 Å². The summed E-state index contributed by atoms with van der Waals surface area (Å²) in [5.41, 5.74) is 1.16. The maximum Gasteiger partial charge on any atom is 0.129 e. The van der Waals surface area contributed by atoms with Crippen molar-refractivity contribution < 1.29 is 4.74 Å². The third-order valence-corrected chi connectivity index (χ3v) is 1.97. The van der Waals surface area contributed by atoms with Gasteiger partial charge >= 0.3 is 0 Å². The molecule has 0 fully saturated rings. The molecule has 0 spiro atoms. The summed E-state index contributed by atoms with van der Waals surface area (Å²) in [6.07, 6.45) is 3.06. The van der Waals surface area contributed by atoms with Crippen LogP contribution >= 0.6 is 0 Å². The minimum atomic E-state index is 0.531. The van der Waals surface area contributed by atoms with Crippen LogP contribution in [0.1, 0.15) is 5.56 Å². The largest absolute Gasteiger partial charge is 0.496 e. The van der Waals surface area contributed by atoms with E-state index in [0.717, 1.165) is 5.39 Å². The standard InChI is InChI=1S/C10H7N3O/c1-14-9-3-2-7(4-11)10-8(9)5-12-6-13-10/h2-3,5-6H,1H3. The van der Waals surface area contributed by atoms with Crippen LogP contribution in [0.5, 0.6) is 5.75 Å². The SMILES string of the molecule is COc1ccc(C#N)c2ncncc12. The number of aromatic nitrogens is 2. The fourth-order valence-electron chi connectivity index (χ4n) is 1.32. The topological polar surface area (TPSA) is 58.8 Å². The molecule has 0 radical (unpaired) electrons. The first kappa shape index (κ1) is 8.45. The van der Waals surface area contributed by atoms with Crippen LogP contribution in [0.4, 0.5) is 0 Å². The van der Waals surface area contributed by atoms with Crippen LogP contribution < -0.4 is 4.74 Å². The minimum Gasteiger partial charge on any atom is -0.496 e. The molecule has 0 bridgehead atoms. The second kappa shape index (κ2) is 3.30. The molecule has 68 valence electrons. The Bertz CT molecular complexity index is 516. The molecule has 0 atom stereocenters. The van der Waals surface area contributed by atoms with Gasteiger partial charge < -0.3 is 4.74 Å². The third-order valence-electron chi connectivity index (χ3n) is 1.97. The summed E-state index contributed by atoms with van der Waals surface area (Å²) in [6, 6.07) is 5.50. The highest BCUT2D eigenvalue weighted by Gasteiger charge is 2.06. The average molecular weight is 185 g/mol. The van der Waals surface area contributed by atoms with Crippen molar-refractivity contribution in [2.45, 2.75) is 0 Å². The first-order valence-corrected chi connectivity index (χ1v) is 4.03. The summed E-state index contributed by atoms with van der Waals surface area (Å²) in [7, 11) is 1.58. The Balaban J connectivity index is 2.87. The Morgan fingerprint density at radius 1 is 1.43 bits per heavy atom. The number of benzene rings is 1. The molecule has 0 aliphatic heterocycles. The highest BCUT2D eigenvalue weighted by Crippen LogP contribution is 2.25. The lowest BCUT2D eigenvalue weighted by molar-refractivity contribution is 0.419. The van der Waals surface area contributed by atoms with Gasteiger partial charge in [-0.3, -0.25) is 0 Å². The van der Waals surface area contributed by atoms with E-state index in [-0.39, 0.29) is 0 Å². The van der Waals surface area contributed by atoms with E-state index in [1.165, 1.54) is 6.33 Å². The summed E-state index contributed by atoms with van der Waals surface area (Å²) < 4.78 is 5.14. The zero-order valence-electron chi connectivity index (χ0n) is 7.56. The molecule has 0 aliphatic carbocycles. The Morgan fingerprint density at radius 2 is 2.29 bits per heavy atom. The molecule has 0 saturated heterocycles. The van der Waals surface area contributed by atoms with E-state index in [1.807, 2.05) is 0 Å². The summed E-state index contributed by atoms with van der Waals surface area (Å²) in [6.45, 7) is 0. The molecule has 0 N–H and O–H groups in total. The van der Waals surface area contributed by atoms with E-state index < -0.39 is 0 Å². The number of rotatable bonds is 1. The molecule has 0 saturated carbocycles. The van der Waals surface area contributed by atoms with Crippen molar-refractivity contribution in [3.05, 3.63) is 30.2 Å². The number of methoxy groups -OCH3 is 1. The van der Waals surface area contributed by atoms with E-state index in [9.17, 15) is 0 Å². The van der Waals surface area contributed by atoms with Gasteiger partial charge in [0.25, 0.3) is 0 Å². The lowest BCUT2D eigenvalue weighted by Gasteiger charge is -2.04. The zero-order valence-corrected chi connectivity index (χ0v) is 7.56. The van der Waals surface area contributed by atoms with Gasteiger partial charge in [0.15, 0.2) is 0 Å². The number of nitrogens with zero attached hydrogens (tertiary/aromatic N) is 3. The number of nitriles is 1. The number of fused-ring (bicyclic) bond motifs is 1. The number of hydrogen-bond donors (Lipinski definition) is 0. The van der Waals surface area contributed by atoms with Crippen LogP contribution in [0, 0.1) is 11.3 Å². The predicted molar refractivity (Wildman–Crippen MR) is 50.8 cm³/mol. The molecule has 4 heteroatoms. The van der Waals surface area contributed by atoms with Crippen molar-refractivity contribution in [3.63, 3.8) is 0 Å². The fraction of sp³-hybridized carbons (Fsp3) is 0.100. The zero-order chi connectivity index (χ0) is 9.97. The summed E-state index contributed by atoms with van der Waals surface area (Å²) in [5, 5.41) is 9.61. The van der Waals surface area contributed by atoms with E-state index in [1.54, 1.807) is 25.4 Å². The summed E-state index contributed by atoms with van der Waals surface area (Å²) in [5.74, 6) is 0.680. The lowest BCUT2D eigenvalue weighted by Crippen LogP contribution is -1.90. The quantitative estimate of drug-likeness (QED) is 0.675. The van der Waals surface area contributed by atoms with Gasteiger partial charge in [0.2, 0.25) is 0 Å². The molecule has 0 amide bonds. The Morgan fingerprint density at radius 3 is 3.00 bits per heavy atom. The maximum absolute atomic E-state index is 8.85. The molecule has 2 rings (SSSR count). The fourth-order valence-corrected chi connectivity index (χ4v) is 1.32. The van der Waals surface area contributed by atoms with Crippen LogP contribution in [-0.4, -0.2) is 17.1 Å². The van der Waals surface area contributed by atoms with Crippen molar-refractivity contribution in [3.8, 4) is 11.8 Å². The number of ether oxygens (including phenoxy) is 1. The number of hydrogen-bond acceptors (Lipinski definition) is 4. The monoisotopic (exact) mass is 185 g/mol. The second-order valence-electron chi connectivity index (χ2n) is 2.71. The molecule has 1 aromatic carbocycles. The molecule has 14 heavy (non-hydrogen) atoms. The van der Waals surface area contributed by atoms with Crippen LogP contribution in [0.15, 0.2) is 24.7 Å². The minimum absolute atomic E-state index is 0.531. The maximum atomic E-state index is 8.85. The second-order valence-corrected chi connectivity index (χ2v) is 2.71. The summed E-state index contributed by atoms with van der Waals surface area (Å²) in [4.78, 5) is 7.94. The lowest BCUT2D eigenvalue weighted by atomic mass is 10.1. The third kappa shape index (κ3) is 1.15.